The van der Waals surface area contributed by atoms with Gasteiger partial charge in [0.1, 0.15) is 11.4 Å². The van der Waals surface area contributed by atoms with Crippen LogP contribution >= 0.6 is 0 Å². The Labute approximate surface area is 118 Å². The zero-order valence-electron chi connectivity index (χ0n) is 11.3. The van der Waals surface area contributed by atoms with Crippen LogP contribution in [0.1, 0.15) is 10.4 Å². The summed E-state index contributed by atoms with van der Waals surface area (Å²) in [5.41, 5.74) is -0.853. The van der Waals surface area contributed by atoms with Crippen molar-refractivity contribution in [1.82, 2.24) is 9.78 Å². The fourth-order valence-corrected chi connectivity index (χ4v) is 1.77. The summed E-state index contributed by atoms with van der Waals surface area (Å²) in [6.07, 6.45) is 1.47. The smallest absolute Gasteiger partial charge is 0.285 e. The summed E-state index contributed by atoms with van der Waals surface area (Å²) in [6, 6.07) is 3.34. The van der Waals surface area contributed by atoms with Crippen LogP contribution < -0.4 is 10.6 Å². The minimum atomic E-state index is -0.805. The van der Waals surface area contributed by atoms with Gasteiger partial charge in [-0.05, 0) is 6.07 Å². The van der Waals surface area contributed by atoms with E-state index >= 15 is 0 Å². The SMILES string of the molecule is CNc1cc(C(=O)Nc2ccnn2C)c([N+](=O)[O-])cc1F. The first-order valence-corrected chi connectivity index (χ1v) is 5.89. The maximum atomic E-state index is 13.6. The fourth-order valence-electron chi connectivity index (χ4n) is 1.77. The zero-order valence-corrected chi connectivity index (χ0v) is 11.3. The Morgan fingerprint density at radius 3 is 2.71 bits per heavy atom. The molecule has 0 saturated carbocycles. The molecular formula is C12H12FN5O3. The molecule has 0 aliphatic rings. The third kappa shape index (κ3) is 2.81. The number of benzene rings is 1. The van der Waals surface area contributed by atoms with Crippen LogP contribution in [0.4, 0.5) is 21.6 Å². The molecule has 0 unspecified atom stereocenters. The Kier molecular flexibility index (Phi) is 3.83. The lowest BCUT2D eigenvalue weighted by molar-refractivity contribution is -0.385. The average molecular weight is 293 g/mol. The van der Waals surface area contributed by atoms with Crippen molar-refractivity contribution in [3.63, 3.8) is 0 Å². The lowest BCUT2D eigenvalue weighted by Gasteiger charge is -2.08. The molecule has 0 atom stereocenters. The van der Waals surface area contributed by atoms with Crippen molar-refractivity contribution < 1.29 is 14.1 Å². The lowest BCUT2D eigenvalue weighted by atomic mass is 10.1. The van der Waals surface area contributed by atoms with Crippen LogP contribution in [-0.4, -0.2) is 27.7 Å². The van der Waals surface area contributed by atoms with Crippen molar-refractivity contribution in [3.8, 4) is 0 Å². The summed E-state index contributed by atoms with van der Waals surface area (Å²) >= 11 is 0. The second-order valence-electron chi connectivity index (χ2n) is 4.15. The maximum Gasteiger partial charge on any atom is 0.285 e. The van der Waals surface area contributed by atoms with Gasteiger partial charge in [0.05, 0.1) is 22.9 Å². The van der Waals surface area contributed by atoms with E-state index in [2.05, 4.69) is 15.7 Å². The van der Waals surface area contributed by atoms with Gasteiger partial charge in [0.15, 0.2) is 5.82 Å². The Hall–Kier alpha value is -2.97. The predicted molar refractivity (Wildman–Crippen MR) is 73.8 cm³/mol. The number of carbonyl (C=O) groups is 1. The van der Waals surface area contributed by atoms with Crippen LogP contribution in [0.15, 0.2) is 24.4 Å². The van der Waals surface area contributed by atoms with E-state index < -0.39 is 22.3 Å². The topological polar surface area (TPSA) is 102 Å². The molecule has 0 spiro atoms. The van der Waals surface area contributed by atoms with E-state index in [4.69, 9.17) is 0 Å². The predicted octanol–water partition coefficient (Wildman–Crippen LogP) is 1.76. The Balaban J connectivity index is 2.43. The molecule has 1 heterocycles. The van der Waals surface area contributed by atoms with Crippen molar-refractivity contribution in [1.29, 1.82) is 0 Å². The van der Waals surface area contributed by atoms with Gasteiger partial charge in [-0.25, -0.2) is 4.39 Å². The zero-order chi connectivity index (χ0) is 15.6. The second kappa shape index (κ2) is 5.57. The van der Waals surface area contributed by atoms with E-state index in [1.165, 1.54) is 24.0 Å². The minimum Gasteiger partial charge on any atom is -0.386 e. The van der Waals surface area contributed by atoms with E-state index in [0.29, 0.717) is 11.9 Å². The van der Waals surface area contributed by atoms with Gasteiger partial charge in [-0.2, -0.15) is 5.10 Å². The monoisotopic (exact) mass is 293 g/mol. The maximum absolute atomic E-state index is 13.6. The third-order valence-electron chi connectivity index (χ3n) is 2.86. The van der Waals surface area contributed by atoms with Gasteiger partial charge in [0.2, 0.25) is 0 Å². The molecule has 2 rings (SSSR count). The number of nitro benzene ring substituents is 1. The molecule has 2 N–H and O–H groups in total. The number of carbonyl (C=O) groups excluding carboxylic acids is 1. The molecule has 0 aliphatic carbocycles. The van der Waals surface area contributed by atoms with Crippen molar-refractivity contribution in [2.45, 2.75) is 0 Å². The summed E-state index contributed by atoms with van der Waals surface area (Å²) in [7, 11) is 3.06. The molecule has 1 aromatic heterocycles. The van der Waals surface area contributed by atoms with Gasteiger partial charge in [-0.15, -0.1) is 0 Å². The molecule has 0 bridgehead atoms. The van der Waals surface area contributed by atoms with Gasteiger partial charge in [-0.3, -0.25) is 19.6 Å². The van der Waals surface area contributed by atoms with Crippen molar-refractivity contribution in [2.24, 2.45) is 7.05 Å². The van der Waals surface area contributed by atoms with E-state index in [1.54, 1.807) is 7.05 Å². The van der Waals surface area contributed by atoms with E-state index in [0.717, 1.165) is 6.07 Å². The number of rotatable bonds is 4. The number of nitrogens with one attached hydrogen (secondary N) is 2. The molecule has 1 aromatic carbocycles. The molecule has 0 radical (unpaired) electrons. The molecule has 0 fully saturated rings. The molecule has 0 aliphatic heterocycles. The van der Waals surface area contributed by atoms with E-state index in [-0.39, 0.29) is 11.3 Å². The Morgan fingerprint density at radius 1 is 1.48 bits per heavy atom. The van der Waals surface area contributed by atoms with Crippen molar-refractivity contribution in [3.05, 3.63) is 45.9 Å². The molecule has 9 heteroatoms. The molecule has 110 valence electrons. The standard InChI is InChI=1S/C12H12FN5O3/c1-14-9-5-7(10(18(20)21)6-8(9)13)12(19)16-11-3-4-15-17(11)2/h3-6,14H,1-2H3,(H,16,19). The normalized spacial score (nSPS) is 10.2. The average Bonchev–Trinajstić information content (AvgIpc) is 2.83. The van der Waals surface area contributed by atoms with Gasteiger partial charge in [0.25, 0.3) is 11.6 Å². The van der Waals surface area contributed by atoms with Gasteiger partial charge in [-0.1, -0.05) is 0 Å². The first kappa shape index (κ1) is 14.4. The van der Waals surface area contributed by atoms with Crippen molar-refractivity contribution in [2.75, 3.05) is 17.7 Å². The summed E-state index contributed by atoms with van der Waals surface area (Å²) in [6.45, 7) is 0. The van der Waals surface area contributed by atoms with Crippen molar-refractivity contribution >= 4 is 23.1 Å². The minimum absolute atomic E-state index is 0.00393. The highest BCUT2D eigenvalue weighted by Gasteiger charge is 2.24. The van der Waals surface area contributed by atoms with Gasteiger partial charge >= 0.3 is 0 Å². The van der Waals surface area contributed by atoms with Crippen LogP contribution in [0.5, 0.6) is 0 Å². The largest absolute Gasteiger partial charge is 0.386 e. The lowest BCUT2D eigenvalue weighted by Crippen LogP contribution is -2.17. The molecule has 1 amide bonds. The second-order valence-corrected chi connectivity index (χ2v) is 4.15. The molecule has 0 saturated heterocycles. The Bertz CT molecular complexity index is 713. The first-order chi connectivity index (χ1) is 9.93. The number of aryl methyl sites for hydroxylation is 1. The number of nitro groups is 1. The number of amides is 1. The first-order valence-electron chi connectivity index (χ1n) is 5.89. The quantitative estimate of drug-likeness (QED) is 0.660. The summed E-state index contributed by atoms with van der Waals surface area (Å²) in [5.74, 6) is -1.16. The highest BCUT2D eigenvalue weighted by atomic mass is 19.1. The van der Waals surface area contributed by atoms with Gasteiger partial charge < -0.3 is 10.6 Å². The number of hydrogen-bond acceptors (Lipinski definition) is 5. The summed E-state index contributed by atoms with van der Waals surface area (Å²) in [4.78, 5) is 22.3. The molecule has 21 heavy (non-hydrogen) atoms. The number of aromatic nitrogens is 2. The number of hydrogen-bond donors (Lipinski definition) is 2. The highest BCUT2D eigenvalue weighted by Crippen LogP contribution is 2.26. The van der Waals surface area contributed by atoms with Gasteiger partial charge in [0, 0.05) is 20.2 Å². The third-order valence-corrected chi connectivity index (χ3v) is 2.86. The van der Waals surface area contributed by atoms with Crippen LogP contribution in [0.25, 0.3) is 0 Å². The van der Waals surface area contributed by atoms with E-state index in [1.807, 2.05) is 0 Å². The van der Waals surface area contributed by atoms with Crippen LogP contribution in [0.3, 0.4) is 0 Å². The highest BCUT2D eigenvalue weighted by molar-refractivity contribution is 6.07. The van der Waals surface area contributed by atoms with Crippen LogP contribution in [-0.2, 0) is 7.05 Å². The number of halogens is 1. The van der Waals surface area contributed by atoms with Crippen LogP contribution in [0.2, 0.25) is 0 Å². The summed E-state index contributed by atoms with van der Waals surface area (Å²) < 4.78 is 15.0. The fraction of sp³-hybridized carbons (Fsp3) is 0.167. The Morgan fingerprint density at radius 2 is 2.19 bits per heavy atom. The molecule has 2 aromatic rings. The summed E-state index contributed by atoms with van der Waals surface area (Å²) in [5, 5.41) is 19.8. The number of nitrogens with zero attached hydrogens (tertiary/aromatic N) is 3. The van der Waals surface area contributed by atoms with Crippen LogP contribution in [0, 0.1) is 15.9 Å². The molecular weight excluding hydrogens is 281 g/mol. The molecule has 8 nitrogen and oxygen atoms in total. The van der Waals surface area contributed by atoms with E-state index in [9.17, 15) is 19.3 Å². The number of anilines is 2.